The normalized spacial score (nSPS) is 12.4. The Morgan fingerprint density at radius 3 is 2.32 bits per heavy atom. The summed E-state index contributed by atoms with van der Waals surface area (Å²) in [5, 5.41) is 3.58. The molecule has 0 aromatic heterocycles. The maximum Gasteiger partial charge on any atom is 0.0295 e. The van der Waals surface area contributed by atoms with Gasteiger partial charge in [0, 0.05) is 12.6 Å². The molecular weight excluding hydrogens is 230 g/mol. The lowest BCUT2D eigenvalue weighted by molar-refractivity contribution is 0.574. The van der Waals surface area contributed by atoms with Gasteiger partial charge in [-0.15, -0.1) is 0 Å². The molecule has 2 aromatic carbocycles. The summed E-state index contributed by atoms with van der Waals surface area (Å²) >= 11 is 0. The standard InChI is InChI=1S/C18H23N/c1-4-16-8-10-17(11-9-16)13-19-15(3)18-7-5-6-14(2)12-18/h5-12,15,19H,4,13H2,1-3H3. The van der Waals surface area contributed by atoms with E-state index in [1.165, 1.54) is 22.3 Å². The van der Waals surface area contributed by atoms with Crippen molar-refractivity contribution in [2.75, 3.05) is 0 Å². The maximum atomic E-state index is 3.58. The fourth-order valence-corrected chi connectivity index (χ4v) is 2.22. The van der Waals surface area contributed by atoms with Crippen LogP contribution >= 0.6 is 0 Å². The molecule has 0 bridgehead atoms. The summed E-state index contributed by atoms with van der Waals surface area (Å²) in [5.74, 6) is 0. The van der Waals surface area contributed by atoms with E-state index in [9.17, 15) is 0 Å². The van der Waals surface area contributed by atoms with E-state index in [0.717, 1.165) is 13.0 Å². The second kappa shape index (κ2) is 6.53. The zero-order valence-electron chi connectivity index (χ0n) is 12.1. The van der Waals surface area contributed by atoms with Crippen LogP contribution in [0.4, 0.5) is 0 Å². The topological polar surface area (TPSA) is 12.0 Å². The van der Waals surface area contributed by atoms with Gasteiger partial charge >= 0.3 is 0 Å². The van der Waals surface area contributed by atoms with E-state index in [-0.39, 0.29) is 0 Å². The van der Waals surface area contributed by atoms with E-state index in [0.29, 0.717) is 6.04 Å². The molecule has 1 nitrogen and oxygen atoms in total. The Morgan fingerprint density at radius 2 is 1.68 bits per heavy atom. The van der Waals surface area contributed by atoms with Crippen LogP contribution in [0.5, 0.6) is 0 Å². The number of hydrogen-bond donors (Lipinski definition) is 1. The van der Waals surface area contributed by atoms with Crippen molar-refractivity contribution in [1.82, 2.24) is 5.32 Å². The molecule has 0 saturated heterocycles. The number of hydrogen-bond acceptors (Lipinski definition) is 1. The number of benzene rings is 2. The highest BCUT2D eigenvalue weighted by atomic mass is 14.9. The van der Waals surface area contributed by atoms with Crippen LogP contribution in [0.25, 0.3) is 0 Å². The van der Waals surface area contributed by atoms with Crippen molar-refractivity contribution in [2.24, 2.45) is 0 Å². The monoisotopic (exact) mass is 253 g/mol. The van der Waals surface area contributed by atoms with Crippen LogP contribution in [0.3, 0.4) is 0 Å². The van der Waals surface area contributed by atoms with Gasteiger partial charge in [-0.25, -0.2) is 0 Å². The van der Waals surface area contributed by atoms with E-state index in [4.69, 9.17) is 0 Å². The van der Waals surface area contributed by atoms with Crippen LogP contribution in [0, 0.1) is 6.92 Å². The average molecular weight is 253 g/mol. The van der Waals surface area contributed by atoms with Gasteiger partial charge in [-0.1, -0.05) is 61.0 Å². The molecule has 1 N–H and O–H groups in total. The molecule has 1 heteroatoms. The lowest BCUT2D eigenvalue weighted by atomic mass is 10.1. The molecule has 0 aliphatic carbocycles. The van der Waals surface area contributed by atoms with Crippen LogP contribution < -0.4 is 5.32 Å². The first-order valence-corrected chi connectivity index (χ1v) is 7.07. The Bertz CT molecular complexity index is 513. The van der Waals surface area contributed by atoms with E-state index < -0.39 is 0 Å². The van der Waals surface area contributed by atoms with E-state index in [1.807, 2.05) is 0 Å². The van der Waals surface area contributed by atoms with Crippen molar-refractivity contribution in [3.8, 4) is 0 Å². The van der Waals surface area contributed by atoms with Gasteiger partial charge in [0.15, 0.2) is 0 Å². The quantitative estimate of drug-likeness (QED) is 0.832. The number of aryl methyl sites for hydroxylation is 2. The summed E-state index contributed by atoms with van der Waals surface area (Å²) in [6, 6.07) is 17.9. The summed E-state index contributed by atoms with van der Waals surface area (Å²) in [4.78, 5) is 0. The average Bonchev–Trinajstić information content (AvgIpc) is 2.45. The number of nitrogens with one attached hydrogen (secondary N) is 1. The highest BCUT2D eigenvalue weighted by molar-refractivity contribution is 5.25. The third-order valence-electron chi connectivity index (χ3n) is 3.59. The second-order valence-corrected chi connectivity index (χ2v) is 5.19. The summed E-state index contributed by atoms with van der Waals surface area (Å²) in [6.07, 6.45) is 1.10. The largest absolute Gasteiger partial charge is 0.306 e. The third-order valence-corrected chi connectivity index (χ3v) is 3.59. The molecule has 0 fully saturated rings. The molecule has 0 aliphatic rings. The van der Waals surface area contributed by atoms with Crippen LogP contribution in [0.2, 0.25) is 0 Å². The van der Waals surface area contributed by atoms with Crippen molar-refractivity contribution < 1.29 is 0 Å². The van der Waals surface area contributed by atoms with Gasteiger partial charge in [-0.05, 0) is 37.0 Å². The van der Waals surface area contributed by atoms with Gasteiger partial charge in [-0.2, -0.15) is 0 Å². The Hall–Kier alpha value is -1.60. The van der Waals surface area contributed by atoms with Gasteiger partial charge in [-0.3, -0.25) is 0 Å². The first-order chi connectivity index (χ1) is 9.19. The fourth-order valence-electron chi connectivity index (χ4n) is 2.22. The molecular formula is C18H23N. The molecule has 1 unspecified atom stereocenters. The van der Waals surface area contributed by atoms with Gasteiger partial charge in [0.05, 0.1) is 0 Å². The Labute approximate surface area is 116 Å². The Balaban J connectivity index is 1.94. The molecule has 0 aliphatic heterocycles. The Kier molecular flexibility index (Phi) is 4.75. The minimum atomic E-state index is 0.380. The highest BCUT2D eigenvalue weighted by Crippen LogP contribution is 2.14. The molecule has 0 heterocycles. The minimum absolute atomic E-state index is 0.380. The van der Waals surface area contributed by atoms with E-state index >= 15 is 0 Å². The molecule has 0 amide bonds. The first-order valence-electron chi connectivity index (χ1n) is 7.07. The highest BCUT2D eigenvalue weighted by Gasteiger charge is 2.04. The minimum Gasteiger partial charge on any atom is -0.306 e. The Morgan fingerprint density at radius 1 is 1.00 bits per heavy atom. The number of rotatable bonds is 5. The molecule has 2 rings (SSSR count). The van der Waals surface area contributed by atoms with Crippen molar-refractivity contribution in [3.63, 3.8) is 0 Å². The zero-order valence-corrected chi connectivity index (χ0v) is 12.1. The molecule has 0 spiro atoms. The van der Waals surface area contributed by atoms with Crippen LogP contribution in [-0.2, 0) is 13.0 Å². The van der Waals surface area contributed by atoms with E-state index in [1.54, 1.807) is 0 Å². The van der Waals surface area contributed by atoms with Crippen LogP contribution in [-0.4, -0.2) is 0 Å². The lowest BCUT2D eigenvalue weighted by Gasteiger charge is -2.15. The van der Waals surface area contributed by atoms with Crippen LogP contribution in [0.1, 0.15) is 42.1 Å². The third kappa shape index (κ3) is 3.93. The predicted octanol–water partition coefficient (Wildman–Crippen LogP) is 4.41. The summed E-state index contributed by atoms with van der Waals surface area (Å²) < 4.78 is 0. The second-order valence-electron chi connectivity index (χ2n) is 5.19. The fraction of sp³-hybridized carbons (Fsp3) is 0.333. The molecule has 0 radical (unpaired) electrons. The van der Waals surface area contributed by atoms with E-state index in [2.05, 4.69) is 74.6 Å². The van der Waals surface area contributed by atoms with Crippen molar-refractivity contribution in [2.45, 2.75) is 39.8 Å². The SMILES string of the molecule is CCc1ccc(CNC(C)c2cccc(C)c2)cc1. The van der Waals surface area contributed by atoms with Gasteiger partial charge in [0.2, 0.25) is 0 Å². The van der Waals surface area contributed by atoms with Gasteiger partial charge in [0.1, 0.15) is 0 Å². The van der Waals surface area contributed by atoms with Crippen molar-refractivity contribution in [3.05, 3.63) is 70.8 Å². The summed E-state index contributed by atoms with van der Waals surface area (Å²) in [6.45, 7) is 7.46. The van der Waals surface area contributed by atoms with Gasteiger partial charge in [0.25, 0.3) is 0 Å². The summed E-state index contributed by atoms with van der Waals surface area (Å²) in [5.41, 5.74) is 5.41. The smallest absolute Gasteiger partial charge is 0.0295 e. The summed E-state index contributed by atoms with van der Waals surface area (Å²) in [7, 11) is 0. The molecule has 1 atom stereocenters. The molecule has 19 heavy (non-hydrogen) atoms. The molecule has 0 saturated carbocycles. The van der Waals surface area contributed by atoms with Crippen LogP contribution in [0.15, 0.2) is 48.5 Å². The van der Waals surface area contributed by atoms with Crippen molar-refractivity contribution in [1.29, 1.82) is 0 Å². The van der Waals surface area contributed by atoms with Crippen molar-refractivity contribution >= 4 is 0 Å². The molecule has 100 valence electrons. The van der Waals surface area contributed by atoms with Gasteiger partial charge < -0.3 is 5.32 Å². The maximum absolute atomic E-state index is 3.58. The lowest BCUT2D eigenvalue weighted by Crippen LogP contribution is -2.18. The molecule has 2 aromatic rings. The predicted molar refractivity (Wildman–Crippen MR) is 82.3 cm³/mol. The first kappa shape index (κ1) is 13.8. The zero-order chi connectivity index (χ0) is 13.7.